The van der Waals surface area contributed by atoms with Gasteiger partial charge in [0.15, 0.2) is 11.6 Å². The van der Waals surface area contributed by atoms with Gasteiger partial charge in [0, 0.05) is 23.9 Å². The standard InChI is InChI=1S/C20H14BrF3N2O3/c1-26(20(28)9-2-3-13(22)12(21)4-9)17-8-29-7-16-18(17)10-5-14(23)15(24)6-11(10)19(27)25-16/h2-6,17H,7-8H2,1H3,(H,25,27)/t17-/m1/s1. The lowest BCUT2D eigenvalue weighted by molar-refractivity contribution is 0.0335. The van der Waals surface area contributed by atoms with E-state index in [0.29, 0.717) is 11.3 Å². The zero-order chi connectivity index (χ0) is 20.9. The van der Waals surface area contributed by atoms with Gasteiger partial charge < -0.3 is 14.6 Å². The Morgan fingerprint density at radius 1 is 1.14 bits per heavy atom. The number of rotatable bonds is 2. The molecule has 1 atom stereocenters. The van der Waals surface area contributed by atoms with E-state index in [0.717, 1.165) is 12.1 Å². The van der Waals surface area contributed by atoms with Crippen molar-refractivity contribution >= 4 is 32.6 Å². The van der Waals surface area contributed by atoms with Crippen molar-refractivity contribution < 1.29 is 22.7 Å². The summed E-state index contributed by atoms with van der Waals surface area (Å²) in [6.45, 7) is 0.165. The number of pyridine rings is 1. The maximum absolute atomic E-state index is 13.9. The van der Waals surface area contributed by atoms with E-state index in [1.54, 1.807) is 0 Å². The van der Waals surface area contributed by atoms with Crippen molar-refractivity contribution in [3.8, 4) is 0 Å². The highest BCUT2D eigenvalue weighted by atomic mass is 79.9. The average molecular weight is 467 g/mol. The molecule has 1 N–H and O–H groups in total. The van der Waals surface area contributed by atoms with Gasteiger partial charge in [-0.05, 0) is 51.6 Å². The summed E-state index contributed by atoms with van der Waals surface area (Å²) >= 11 is 3.05. The molecule has 0 bridgehead atoms. The number of carbonyl (C=O) groups is 1. The zero-order valence-electron chi connectivity index (χ0n) is 15.1. The van der Waals surface area contributed by atoms with Crippen LogP contribution in [0.3, 0.4) is 0 Å². The number of H-pyrrole nitrogens is 1. The number of nitrogens with zero attached hydrogens (tertiary/aromatic N) is 1. The fourth-order valence-electron chi connectivity index (χ4n) is 3.52. The van der Waals surface area contributed by atoms with Gasteiger partial charge in [0.2, 0.25) is 0 Å². The molecule has 2 heterocycles. The van der Waals surface area contributed by atoms with Crippen LogP contribution in [0.1, 0.15) is 27.7 Å². The molecular weight excluding hydrogens is 453 g/mol. The largest absolute Gasteiger partial charge is 0.373 e. The lowest BCUT2D eigenvalue weighted by Crippen LogP contribution is -2.37. The summed E-state index contributed by atoms with van der Waals surface area (Å²) < 4.78 is 46.8. The van der Waals surface area contributed by atoms with E-state index in [1.807, 2.05) is 0 Å². The van der Waals surface area contributed by atoms with Gasteiger partial charge in [-0.3, -0.25) is 9.59 Å². The first-order valence-corrected chi connectivity index (χ1v) is 9.41. The van der Waals surface area contributed by atoms with E-state index in [9.17, 15) is 22.8 Å². The number of hydrogen-bond acceptors (Lipinski definition) is 3. The van der Waals surface area contributed by atoms with Gasteiger partial charge in [-0.1, -0.05) is 0 Å². The van der Waals surface area contributed by atoms with Gasteiger partial charge in [-0.25, -0.2) is 13.2 Å². The van der Waals surface area contributed by atoms with Crippen LogP contribution < -0.4 is 5.56 Å². The van der Waals surface area contributed by atoms with E-state index in [4.69, 9.17) is 4.74 Å². The van der Waals surface area contributed by atoms with Crippen molar-refractivity contribution in [2.45, 2.75) is 12.6 Å². The maximum atomic E-state index is 13.9. The quantitative estimate of drug-likeness (QED) is 0.619. The zero-order valence-corrected chi connectivity index (χ0v) is 16.6. The van der Waals surface area contributed by atoms with Crippen LogP contribution in [-0.4, -0.2) is 29.4 Å². The first kappa shape index (κ1) is 19.7. The van der Waals surface area contributed by atoms with E-state index in [1.165, 1.54) is 30.1 Å². The topological polar surface area (TPSA) is 62.4 Å². The highest BCUT2D eigenvalue weighted by Crippen LogP contribution is 2.34. The van der Waals surface area contributed by atoms with Gasteiger partial charge in [-0.15, -0.1) is 0 Å². The number of aromatic amines is 1. The second kappa shape index (κ2) is 7.31. The molecule has 3 aromatic rings. The number of hydrogen-bond donors (Lipinski definition) is 1. The Labute approximate surface area is 171 Å². The molecule has 1 aliphatic heterocycles. The van der Waals surface area contributed by atoms with Crippen LogP contribution in [0.2, 0.25) is 0 Å². The number of aromatic nitrogens is 1. The summed E-state index contributed by atoms with van der Waals surface area (Å²) in [5.41, 5.74) is 0.545. The van der Waals surface area contributed by atoms with Crippen LogP contribution in [0.5, 0.6) is 0 Å². The number of likely N-dealkylation sites (N-methyl/N-ethyl adjacent to an activating group) is 1. The third kappa shape index (κ3) is 3.34. The summed E-state index contributed by atoms with van der Waals surface area (Å²) in [4.78, 5) is 29.3. The van der Waals surface area contributed by atoms with Crippen molar-refractivity contribution in [2.24, 2.45) is 0 Å². The Morgan fingerprint density at radius 2 is 1.83 bits per heavy atom. The van der Waals surface area contributed by atoms with E-state index in [-0.39, 0.29) is 34.0 Å². The molecule has 4 rings (SSSR count). The van der Waals surface area contributed by atoms with Crippen LogP contribution in [0, 0.1) is 17.5 Å². The Kier molecular flexibility index (Phi) is 4.95. The predicted octanol–water partition coefficient (Wildman–Crippen LogP) is 4.05. The van der Waals surface area contributed by atoms with Crippen LogP contribution in [0.25, 0.3) is 10.8 Å². The number of nitrogens with one attached hydrogen (secondary N) is 1. The van der Waals surface area contributed by atoms with Gasteiger partial charge in [0.05, 0.1) is 29.1 Å². The molecule has 0 saturated carbocycles. The molecule has 1 amide bonds. The highest BCUT2D eigenvalue weighted by Gasteiger charge is 2.31. The number of halogens is 4. The Balaban J connectivity index is 1.84. The average Bonchev–Trinajstić information content (AvgIpc) is 2.70. The number of fused-ring (bicyclic) bond motifs is 3. The minimum absolute atomic E-state index is 0.0140. The Hall–Kier alpha value is -2.65. The van der Waals surface area contributed by atoms with Crippen LogP contribution >= 0.6 is 15.9 Å². The summed E-state index contributed by atoms with van der Waals surface area (Å²) in [6, 6.07) is 5.02. The van der Waals surface area contributed by atoms with E-state index >= 15 is 0 Å². The van der Waals surface area contributed by atoms with Crippen LogP contribution in [0.4, 0.5) is 13.2 Å². The SMILES string of the molecule is CN(C(=O)c1ccc(F)c(Br)c1)[C@@H]1COCc2[nH]c(=O)c3cc(F)c(F)cc3c21. The van der Waals surface area contributed by atoms with Gasteiger partial charge in [0.25, 0.3) is 11.5 Å². The molecule has 0 fully saturated rings. The summed E-state index contributed by atoms with van der Waals surface area (Å²) in [5, 5.41) is 0.204. The summed E-state index contributed by atoms with van der Waals surface area (Å²) in [7, 11) is 1.53. The fourth-order valence-corrected chi connectivity index (χ4v) is 3.90. The highest BCUT2D eigenvalue weighted by molar-refractivity contribution is 9.10. The molecular formula is C20H14BrF3N2O3. The smallest absolute Gasteiger partial charge is 0.256 e. The first-order valence-electron chi connectivity index (χ1n) is 8.61. The molecule has 0 unspecified atom stereocenters. The normalized spacial score (nSPS) is 16.0. The van der Waals surface area contributed by atoms with Gasteiger partial charge >= 0.3 is 0 Å². The molecule has 0 saturated heterocycles. The number of ether oxygens (including phenoxy) is 1. The second-order valence-corrected chi connectivity index (χ2v) is 7.59. The third-order valence-corrected chi connectivity index (χ3v) is 5.60. The van der Waals surface area contributed by atoms with Crippen LogP contribution in [-0.2, 0) is 11.3 Å². The predicted molar refractivity (Wildman–Crippen MR) is 103 cm³/mol. The summed E-state index contributed by atoms with van der Waals surface area (Å²) in [6.07, 6.45) is 0. The molecule has 5 nitrogen and oxygen atoms in total. The first-order chi connectivity index (χ1) is 13.8. The van der Waals surface area contributed by atoms with Crippen molar-refractivity contribution in [1.29, 1.82) is 0 Å². The molecule has 0 aliphatic carbocycles. The molecule has 0 radical (unpaired) electrons. The van der Waals surface area contributed by atoms with Crippen molar-refractivity contribution in [3.63, 3.8) is 0 Å². The second-order valence-electron chi connectivity index (χ2n) is 6.73. The molecule has 150 valence electrons. The maximum Gasteiger partial charge on any atom is 0.256 e. The number of amides is 1. The fraction of sp³-hybridized carbons (Fsp3) is 0.200. The Bertz CT molecular complexity index is 1210. The molecule has 0 spiro atoms. The molecule has 1 aliphatic rings. The lowest BCUT2D eigenvalue weighted by Gasteiger charge is -2.34. The van der Waals surface area contributed by atoms with E-state index < -0.39 is 35.0 Å². The number of carbonyl (C=O) groups excluding carboxylic acids is 1. The van der Waals surface area contributed by atoms with Gasteiger partial charge in [0.1, 0.15) is 5.82 Å². The van der Waals surface area contributed by atoms with Crippen molar-refractivity contribution in [1.82, 2.24) is 9.88 Å². The lowest BCUT2D eigenvalue weighted by atomic mass is 9.95. The molecule has 2 aromatic carbocycles. The van der Waals surface area contributed by atoms with Crippen molar-refractivity contribution in [3.05, 3.63) is 79.4 Å². The van der Waals surface area contributed by atoms with Crippen LogP contribution in [0.15, 0.2) is 39.6 Å². The molecule has 9 heteroatoms. The number of benzene rings is 2. The molecule has 29 heavy (non-hydrogen) atoms. The minimum Gasteiger partial charge on any atom is -0.373 e. The monoisotopic (exact) mass is 466 g/mol. The molecule has 1 aromatic heterocycles. The minimum atomic E-state index is -1.13. The third-order valence-electron chi connectivity index (χ3n) is 4.99. The Morgan fingerprint density at radius 3 is 2.52 bits per heavy atom. The van der Waals surface area contributed by atoms with E-state index in [2.05, 4.69) is 20.9 Å². The van der Waals surface area contributed by atoms with Crippen molar-refractivity contribution in [2.75, 3.05) is 13.7 Å². The van der Waals surface area contributed by atoms with Gasteiger partial charge in [-0.2, -0.15) is 0 Å². The summed E-state index contributed by atoms with van der Waals surface area (Å²) in [5.74, 6) is -3.15.